The standard InChI is InChI=1S/C34H35FN6/c1-33(2,3)29-16-26-8-9-28(39-32(26)40(29)22-24-15-27(35)20-37-19-24)18-34(4,5)30-17-25-7-6-12-38-31(25)41(30)21-23-10-13-36-14-11-23/h6-17,19-20H,18,21-22H2,1-5H3. The lowest BCUT2D eigenvalue weighted by atomic mass is 9.83. The molecule has 0 spiro atoms. The van der Waals surface area contributed by atoms with Gasteiger partial charge in [0.1, 0.15) is 17.1 Å². The number of fused-ring (bicyclic) bond motifs is 2. The normalized spacial score (nSPS) is 12.4. The first-order valence-corrected chi connectivity index (χ1v) is 14.0. The van der Waals surface area contributed by atoms with E-state index in [0.717, 1.165) is 45.4 Å². The van der Waals surface area contributed by atoms with E-state index in [0.29, 0.717) is 13.1 Å². The molecule has 0 atom stereocenters. The first kappa shape index (κ1) is 26.8. The molecule has 6 aromatic heterocycles. The van der Waals surface area contributed by atoms with Crippen molar-refractivity contribution in [3.8, 4) is 0 Å². The summed E-state index contributed by atoms with van der Waals surface area (Å²) < 4.78 is 18.5. The second-order valence-corrected chi connectivity index (χ2v) is 12.5. The highest BCUT2D eigenvalue weighted by Gasteiger charge is 2.28. The number of pyridine rings is 4. The lowest BCUT2D eigenvalue weighted by Crippen LogP contribution is -2.25. The Hall–Kier alpha value is -4.39. The van der Waals surface area contributed by atoms with Crippen LogP contribution in [0.2, 0.25) is 0 Å². The van der Waals surface area contributed by atoms with Crippen molar-refractivity contribution >= 4 is 22.1 Å². The number of rotatable bonds is 7. The number of aromatic nitrogens is 6. The third kappa shape index (κ3) is 5.36. The highest BCUT2D eigenvalue weighted by molar-refractivity contribution is 5.79. The fourth-order valence-corrected chi connectivity index (χ4v) is 5.79. The molecule has 0 aromatic carbocycles. The summed E-state index contributed by atoms with van der Waals surface area (Å²) in [7, 11) is 0. The maximum Gasteiger partial charge on any atom is 0.141 e. The van der Waals surface area contributed by atoms with E-state index in [9.17, 15) is 4.39 Å². The summed E-state index contributed by atoms with van der Waals surface area (Å²) in [6, 6.07) is 18.5. The zero-order chi connectivity index (χ0) is 28.8. The van der Waals surface area contributed by atoms with Gasteiger partial charge in [-0.3, -0.25) is 9.97 Å². The first-order valence-electron chi connectivity index (χ1n) is 14.0. The smallest absolute Gasteiger partial charge is 0.141 e. The molecule has 6 rings (SSSR count). The van der Waals surface area contributed by atoms with Crippen molar-refractivity contribution in [1.29, 1.82) is 0 Å². The molecule has 0 saturated carbocycles. The fourth-order valence-electron chi connectivity index (χ4n) is 5.79. The minimum atomic E-state index is -0.330. The highest BCUT2D eigenvalue weighted by atomic mass is 19.1. The van der Waals surface area contributed by atoms with Gasteiger partial charge in [0.15, 0.2) is 0 Å². The van der Waals surface area contributed by atoms with Gasteiger partial charge in [0.05, 0.1) is 12.7 Å². The summed E-state index contributed by atoms with van der Waals surface area (Å²) in [5, 5.41) is 2.21. The summed E-state index contributed by atoms with van der Waals surface area (Å²) in [5.74, 6) is -0.330. The van der Waals surface area contributed by atoms with Crippen molar-refractivity contribution in [3.63, 3.8) is 0 Å². The maximum atomic E-state index is 14.0. The van der Waals surface area contributed by atoms with Crippen molar-refractivity contribution < 1.29 is 4.39 Å². The summed E-state index contributed by atoms with van der Waals surface area (Å²) in [6.45, 7) is 12.4. The predicted octanol–water partition coefficient (Wildman–Crippen LogP) is 7.23. The Morgan fingerprint density at radius 2 is 1.41 bits per heavy atom. The number of hydrogen-bond acceptors (Lipinski definition) is 4. The predicted molar refractivity (Wildman–Crippen MR) is 162 cm³/mol. The number of halogens is 1. The summed E-state index contributed by atoms with van der Waals surface area (Å²) in [5.41, 5.74) is 6.91. The molecule has 0 saturated heterocycles. The van der Waals surface area contributed by atoms with Crippen LogP contribution in [0.15, 0.2) is 85.6 Å². The average Bonchev–Trinajstić information content (AvgIpc) is 3.48. The molecular formula is C34H35FN6. The maximum absolute atomic E-state index is 14.0. The Bertz CT molecular complexity index is 1840. The van der Waals surface area contributed by atoms with Gasteiger partial charge in [0.2, 0.25) is 0 Å². The molecule has 208 valence electrons. The van der Waals surface area contributed by atoms with Gasteiger partial charge in [-0.15, -0.1) is 0 Å². The Kier molecular flexibility index (Phi) is 6.68. The second kappa shape index (κ2) is 10.2. The summed E-state index contributed by atoms with van der Waals surface area (Å²) in [4.78, 5) is 18.2. The SMILES string of the molecule is CC(C)(C)c1cc2ccc(CC(C)(C)c3cc4cccnc4n3Cc3ccncc3)nc2n1Cc1cncc(F)c1. The third-order valence-corrected chi connectivity index (χ3v) is 7.73. The molecule has 0 unspecified atom stereocenters. The molecule has 0 aliphatic heterocycles. The van der Waals surface area contributed by atoms with Gasteiger partial charge in [-0.2, -0.15) is 0 Å². The minimum absolute atomic E-state index is 0.109. The van der Waals surface area contributed by atoms with Gasteiger partial charge in [-0.25, -0.2) is 14.4 Å². The molecular weight excluding hydrogens is 511 g/mol. The van der Waals surface area contributed by atoms with Gasteiger partial charge >= 0.3 is 0 Å². The van der Waals surface area contributed by atoms with Crippen LogP contribution < -0.4 is 0 Å². The summed E-state index contributed by atoms with van der Waals surface area (Å²) >= 11 is 0. The van der Waals surface area contributed by atoms with E-state index in [1.807, 2.05) is 24.7 Å². The zero-order valence-electron chi connectivity index (χ0n) is 24.3. The molecule has 0 N–H and O–H groups in total. The van der Waals surface area contributed by atoms with Crippen LogP contribution in [-0.4, -0.2) is 29.1 Å². The van der Waals surface area contributed by atoms with Crippen LogP contribution in [0.4, 0.5) is 4.39 Å². The average molecular weight is 547 g/mol. The lowest BCUT2D eigenvalue weighted by molar-refractivity contribution is 0.476. The van der Waals surface area contributed by atoms with Gasteiger partial charge < -0.3 is 9.13 Å². The Balaban J connectivity index is 1.41. The van der Waals surface area contributed by atoms with Crippen molar-refractivity contribution in [2.24, 2.45) is 0 Å². The topological polar surface area (TPSA) is 61.4 Å². The van der Waals surface area contributed by atoms with E-state index in [1.54, 1.807) is 12.3 Å². The highest BCUT2D eigenvalue weighted by Crippen LogP contribution is 2.34. The lowest BCUT2D eigenvalue weighted by Gasteiger charge is -2.27. The minimum Gasteiger partial charge on any atom is -0.325 e. The molecule has 41 heavy (non-hydrogen) atoms. The molecule has 0 fully saturated rings. The van der Waals surface area contributed by atoms with Crippen LogP contribution in [0.25, 0.3) is 22.1 Å². The molecule has 0 amide bonds. The second-order valence-electron chi connectivity index (χ2n) is 12.5. The van der Waals surface area contributed by atoms with E-state index in [4.69, 9.17) is 9.97 Å². The largest absolute Gasteiger partial charge is 0.325 e. The molecule has 6 aromatic rings. The van der Waals surface area contributed by atoms with E-state index in [2.05, 4.69) is 96.2 Å². The van der Waals surface area contributed by atoms with Gasteiger partial charge in [0.25, 0.3) is 0 Å². The summed E-state index contributed by atoms with van der Waals surface area (Å²) in [6.07, 6.45) is 9.23. The fraction of sp³-hybridized carbons (Fsp3) is 0.294. The number of hydrogen-bond donors (Lipinski definition) is 0. The Labute approximate surface area is 239 Å². The van der Waals surface area contributed by atoms with Crippen molar-refractivity contribution in [3.05, 3.63) is 120 Å². The van der Waals surface area contributed by atoms with Gasteiger partial charge in [0, 0.05) is 76.4 Å². The van der Waals surface area contributed by atoms with Crippen molar-refractivity contribution in [1.82, 2.24) is 29.1 Å². The van der Waals surface area contributed by atoms with Crippen LogP contribution in [0, 0.1) is 5.82 Å². The molecule has 0 radical (unpaired) electrons. The van der Waals surface area contributed by atoms with Crippen molar-refractivity contribution in [2.75, 3.05) is 0 Å². The van der Waals surface area contributed by atoms with Crippen LogP contribution in [-0.2, 0) is 30.3 Å². The molecule has 0 bridgehead atoms. The first-order chi connectivity index (χ1) is 19.6. The van der Waals surface area contributed by atoms with E-state index in [-0.39, 0.29) is 16.6 Å². The van der Waals surface area contributed by atoms with Crippen molar-refractivity contribution in [2.45, 2.75) is 65.0 Å². The number of nitrogens with zero attached hydrogens (tertiary/aromatic N) is 6. The molecule has 6 heterocycles. The van der Waals surface area contributed by atoms with Crippen LogP contribution in [0.3, 0.4) is 0 Å². The Morgan fingerprint density at radius 1 is 0.707 bits per heavy atom. The van der Waals surface area contributed by atoms with Crippen LogP contribution in [0.5, 0.6) is 0 Å². The third-order valence-electron chi connectivity index (χ3n) is 7.73. The molecule has 0 aliphatic carbocycles. The zero-order valence-corrected chi connectivity index (χ0v) is 24.3. The van der Waals surface area contributed by atoms with Gasteiger partial charge in [-0.05, 0) is 65.7 Å². The van der Waals surface area contributed by atoms with E-state index < -0.39 is 0 Å². The van der Waals surface area contributed by atoms with Crippen LogP contribution in [0.1, 0.15) is 62.8 Å². The van der Waals surface area contributed by atoms with E-state index >= 15 is 0 Å². The molecule has 7 heteroatoms. The molecule has 6 nitrogen and oxygen atoms in total. The van der Waals surface area contributed by atoms with Crippen LogP contribution >= 0.6 is 0 Å². The Morgan fingerprint density at radius 3 is 2.17 bits per heavy atom. The monoisotopic (exact) mass is 546 g/mol. The van der Waals surface area contributed by atoms with E-state index in [1.165, 1.54) is 17.5 Å². The quantitative estimate of drug-likeness (QED) is 0.212. The molecule has 0 aliphatic rings. The van der Waals surface area contributed by atoms with Gasteiger partial charge in [-0.1, -0.05) is 34.6 Å².